The third-order valence-corrected chi connectivity index (χ3v) is 0.123. The maximum absolute atomic E-state index is 10.5. The van der Waals surface area contributed by atoms with Gasteiger partial charge < -0.3 is 4.76 Å². The van der Waals surface area contributed by atoms with Gasteiger partial charge in [-0.15, -0.1) is 4.91 Å². The van der Waals surface area contributed by atoms with Gasteiger partial charge in [0.05, 0.1) is 0 Å². The zero-order chi connectivity index (χ0) is 4.99. The third kappa shape index (κ3) is 3.32. The van der Waals surface area contributed by atoms with Crippen LogP contribution in [0.3, 0.4) is 0 Å². The average Bonchev–Trinajstić information content (AvgIpc) is 1.35. The molecule has 0 saturated carbocycles. The monoisotopic (exact) mass is 95.0 g/mol. The lowest BCUT2D eigenvalue weighted by molar-refractivity contribution is 0.266. The van der Waals surface area contributed by atoms with Crippen molar-refractivity contribution in [1.82, 2.24) is 0 Å². The van der Waals surface area contributed by atoms with E-state index in [1.165, 1.54) is 5.34 Å². The van der Waals surface area contributed by atoms with Gasteiger partial charge in [-0.1, -0.05) is 0 Å². The van der Waals surface area contributed by atoms with Crippen molar-refractivity contribution in [2.75, 3.05) is 0 Å². The summed E-state index contributed by atoms with van der Waals surface area (Å²) < 4.78 is 23.8. The maximum atomic E-state index is 10.5. The summed E-state index contributed by atoms with van der Waals surface area (Å²) in [5.41, 5.74) is 0. The molecular weight excluding hydrogens is 94.8 g/mol. The van der Waals surface area contributed by atoms with Crippen molar-refractivity contribution in [2.45, 2.75) is 0 Å². The second-order valence-corrected chi connectivity index (χ2v) is 0.441. The van der Waals surface area contributed by atoms with Crippen molar-refractivity contribution in [3.05, 3.63) is 4.91 Å². The summed E-state index contributed by atoms with van der Waals surface area (Å²) in [4.78, 5) is 8.66. The Kier molecular flexibility index (Phi) is 2.27. The molecule has 0 amide bonds. The highest BCUT2D eigenvalue weighted by atomic mass is 19.2. The lowest BCUT2D eigenvalue weighted by atomic mass is 10.4. The molecule has 6 heavy (non-hydrogen) atoms. The molecular formula is BF2NO2. The molecule has 3 nitrogen and oxygen atoms in total. The average molecular weight is 94.8 g/mol. The van der Waals surface area contributed by atoms with Crippen molar-refractivity contribution in [3.8, 4) is 0 Å². The summed E-state index contributed by atoms with van der Waals surface area (Å²) in [5, 5.41) is 1.44. The van der Waals surface area contributed by atoms with Gasteiger partial charge in [-0.3, -0.25) is 0 Å². The molecule has 0 saturated heterocycles. The molecule has 0 aromatic heterocycles. The Labute approximate surface area is 32.4 Å². The van der Waals surface area contributed by atoms with Gasteiger partial charge in [-0.2, -0.15) is 0 Å². The van der Waals surface area contributed by atoms with Gasteiger partial charge in [-0.25, -0.2) is 8.63 Å². The molecule has 0 unspecified atom stereocenters. The highest BCUT2D eigenvalue weighted by molar-refractivity contribution is 6.34. The van der Waals surface area contributed by atoms with E-state index >= 15 is 0 Å². The van der Waals surface area contributed by atoms with Crippen LogP contribution in [-0.4, -0.2) is 7.47 Å². The van der Waals surface area contributed by atoms with Gasteiger partial charge in [0.2, 0.25) is 0 Å². The summed E-state index contributed by atoms with van der Waals surface area (Å²) in [7, 11) is -3.08. The smallest absolute Gasteiger partial charge is 0.365 e. The fourth-order valence-electron chi connectivity index (χ4n) is 0.0325. The van der Waals surface area contributed by atoms with Crippen molar-refractivity contribution in [2.24, 2.45) is 5.34 Å². The number of hydrogen-bond acceptors (Lipinski definition) is 3. The van der Waals surface area contributed by atoms with Crippen LogP contribution in [0.5, 0.6) is 0 Å². The summed E-state index contributed by atoms with van der Waals surface area (Å²) in [6.45, 7) is 0. The Morgan fingerprint density at radius 3 is 2.17 bits per heavy atom. The van der Waals surface area contributed by atoms with Crippen LogP contribution in [-0.2, 0) is 4.76 Å². The fourth-order valence-corrected chi connectivity index (χ4v) is 0.0325. The standard InChI is InChI=1S/BF2NO2/c2-1(3)6-4-5. The topological polar surface area (TPSA) is 38.7 Å². The molecule has 0 fully saturated rings. The first-order valence-electron chi connectivity index (χ1n) is 1.04. The highest BCUT2D eigenvalue weighted by Crippen LogP contribution is 1.85. The molecule has 0 aliphatic rings. The van der Waals surface area contributed by atoms with E-state index in [9.17, 15) is 8.63 Å². The molecule has 0 spiro atoms. The first kappa shape index (κ1) is 5.32. The summed E-state index contributed by atoms with van der Waals surface area (Å²) in [5.74, 6) is 0. The molecule has 0 rings (SSSR count). The molecule has 0 atom stereocenters. The minimum atomic E-state index is -3.08. The van der Waals surface area contributed by atoms with Crippen LogP contribution in [0.25, 0.3) is 0 Å². The predicted molar refractivity (Wildman–Crippen MR) is 14.9 cm³/mol. The number of rotatable bonds is 2. The Morgan fingerprint density at radius 2 is 2.17 bits per heavy atom. The van der Waals surface area contributed by atoms with Gasteiger partial charge >= 0.3 is 7.47 Å². The van der Waals surface area contributed by atoms with Gasteiger partial charge in [-0.05, 0) is 0 Å². The summed E-state index contributed by atoms with van der Waals surface area (Å²) in [6, 6.07) is 0. The Hall–Kier alpha value is -0.675. The van der Waals surface area contributed by atoms with E-state index < -0.39 is 7.47 Å². The Bertz CT molecular complexity index is 46.8. The van der Waals surface area contributed by atoms with Crippen LogP contribution in [0.4, 0.5) is 8.63 Å². The largest absolute Gasteiger partial charge is 0.820 e. The molecule has 0 aliphatic heterocycles. The van der Waals surface area contributed by atoms with Gasteiger partial charge in [0.15, 0.2) is 0 Å². The molecule has 0 radical (unpaired) electrons. The number of hydrogen-bond donors (Lipinski definition) is 0. The molecule has 0 aliphatic carbocycles. The lowest BCUT2D eigenvalue weighted by Crippen LogP contribution is -1.96. The molecule has 0 aromatic rings. The zero-order valence-electron chi connectivity index (χ0n) is 2.60. The van der Waals surface area contributed by atoms with E-state index in [-0.39, 0.29) is 0 Å². The molecule has 6 heteroatoms. The summed E-state index contributed by atoms with van der Waals surface area (Å²) >= 11 is 0. The molecule has 0 bridgehead atoms. The van der Waals surface area contributed by atoms with Crippen LogP contribution in [0, 0.1) is 4.91 Å². The SMILES string of the molecule is O=NOB(F)F. The minimum absolute atomic E-state index is 1.44. The van der Waals surface area contributed by atoms with Gasteiger partial charge in [0, 0.05) is 0 Å². The molecule has 0 N–H and O–H groups in total. The predicted octanol–water partition coefficient (Wildman–Crippen LogP) is 0.608. The Balaban J connectivity index is 2.81. The van der Waals surface area contributed by atoms with Gasteiger partial charge in [0.25, 0.3) is 0 Å². The van der Waals surface area contributed by atoms with Crippen LogP contribution in [0.2, 0.25) is 0 Å². The van der Waals surface area contributed by atoms with Crippen LogP contribution in [0.1, 0.15) is 0 Å². The van der Waals surface area contributed by atoms with Crippen molar-refractivity contribution < 1.29 is 13.4 Å². The first-order valence-corrected chi connectivity index (χ1v) is 1.04. The lowest BCUT2D eigenvalue weighted by Gasteiger charge is -1.77. The summed E-state index contributed by atoms with van der Waals surface area (Å²) in [6.07, 6.45) is 0. The van der Waals surface area contributed by atoms with Crippen molar-refractivity contribution in [3.63, 3.8) is 0 Å². The maximum Gasteiger partial charge on any atom is 0.820 e. The number of halogens is 2. The number of nitrogens with zero attached hydrogens (tertiary/aromatic N) is 1. The minimum Gasteiger partial charge on any atom is -0.365 e. The van der Waals surface area contributed by atoms with Crippen molar-refractivity contribution in [1.29, 1.82) is 0 Å². The van der Waals surface area contributed by atoms with E-state index in [2.05, 4.69) is 4.76 Å². The third-order valence-electron chi connectivity index (χ3n) is 0.123. The quantitative estimate of drug-likeness (QED) is 0.286. The highest BCUT2D eigenvalue weighted by Gasteiger charge is 2.16. The van der Waals surface area contributed by atoms with E-state index in [1.807, 2.05) is 0 Å². The molecule has 0 heterocycles. The Morgan fingerprint density at radius 1 is 1.67 bits per heavy atom. The van der Waals surface area contributed by atoms with E-state index in [4.69, 9.17) is 4.91 Å². The van der Waals surface area contributed by atoms with Crippen LogP contribution in [0.15, 0.2) is 5.34 Å². The zero-order valence-corrected chi connectivity index (χ0v) is 2.60. The second-order valence-electron chi connectivity index (χ2n) is 0.441. The van der Waals surface area contributed by atoms with Gasteiger partial charge in [0.1, 0.15) is 5.34 Å². The van der Waals surface area contributed by atoms with E-state index in [1.54, 1.807) is 0 Å². The van der Waals surface area contributed by atoms with Crippen LogP contribution >= 0.6 is 0 Å². The first-order chi connectivity index (χ1) is 2.77. The van der Waals surface area contributed by atoms with E-state index in [0.717, 1.165) is 0 Å². The molecule has 0 aromatic carbocycles. The second kappa shape index (κ2) is 2.56. The van der Waals surface area contributed by atoms with E-state index in [0.29, 0.717) is 0 Å². The van der Waals surface area contributed by atoms with Crippen LogP contribution < -0.4 is 0 Å². The molecule has 34 valence electrons. The van der Waals surface area contributed by atoms with Crippen molar-refractivity contribution >= 4 is 7.47 Å². The normalized spacial score (nSPS) is 7.00. The fraction of sp³-hybridized carbons (Fsp3) is 0.